The van der Waals surface area contributed by atoms with Gasteiger partial charge in [0.15, 0.2) is 5.82 Å². The Balaban J connectivity index is 2.26. The van der Waals surface area contributed by atoms with E-state index in [9.17, 15) is 17.2 Å². The van der Waals surface area contributed by atoms with Crippen molar-refractivity contribution < 1.29 is 17.2 Å². The van der Waals surface area contributed by atoms with Crippen LogP contribution in [-0.4, -0.2) is 31.5 Å². The van der Waals surface area contributed by atoms with Crippen LogP contribution in [-0.2, 0) is 9.84 Å². The molecule has 0 fully saturated rings. The highest BCUT2D eigenvalue weighted by molar-refractivity contribution is 7.90. The summed E-state index contributed by atoms with van der Waals surface area (Å²) in [6, 6.07) is 3.44. The van der Waals surface area contributed by atoms with E-state index >= 15 is 0 Å². The van der Waals surface area contributed by atoms with Gasteiger partial charge in [-0.25, -0.2) is 17.2 Å². The van der Waals surface area contributed by atoms with Crippen LogP contribution in [0.25, 0.3) is 10.9 Å². The maximum absolute atomic E-state index is 13.7. The van der Waals surface area contributed by atoms with Crippen LogP contribution in [0.1, 0.15) is 13.3 Å². The monoisotopic (exact) mass is 314 g/mol. The molecule has 21 heavy (non-hydrogen) atoms. The first-order valence-corrected chi connectivity index (χ1v) is 8.50. The molecule has 0 radical (unpaired) electrons. The van der Waals surface area contributed by atoms with Gasteiger partial charge in [0.1, 0.15) is 21.2 Å². The number of aromatic nitrogens is 1. The highest BCUT2D eigenvalue weighted by Crippen LogP contribution is 2.25. The molecule has 2 rings (SSSR count). The second-order valence-corrected chi connectivity index (χ2v) is 7.37. The molecule has 7 heteroatoms. The van der Waals surface area contributed by atoms with Crippen molar-refractivity contribution in [2.45, 2.75) is 19.4 Å². The summed E-state index contributed by atoms with van der Waals surface area (Å²) in [4.78, 5) is 3.90. The molecular formula is C14H16F2N2O2S. The van der Waals surface area contributed by atoms with Crippen molar-refractivity contribution in [3.63, 3.8) is 0 Å². The summed E-state index contributed by atoms with van der Waals surface area (Å²) >= 11 is 0. The number of fused-ring (bicyclic) bond motifs is 1. The van der Waals surface area contributed by atoms with E-state index in [0.29, 0.717) is 17.5 Å². The van der Waals surface area contributed by atoms with E-state index in [1.54, 1.807) is 6.07 Å². The van der Waals surface area contributed by atoms with E-state index in [0.717, 1.165) is 6.07 Å². The van der Waals surface area contributed by atoms with Crippen molar-refractivity contribution in [1.82, 2.24) is 4.98 Å². The van der Waals surface area contributed by atoms with E-state index in [1.807, 2.05) is 6.92 Å². The summed E-state index contributed by atoms with van der Waals surface area (Å²) in [6.45, 7) is 1.81. The Labute approximate surface area is 122 Å². The lowest BCUT2D eigenvalue weighted by molar-refractivity contribution is 0.590. The number of nitrogens with one attached hydrogen (secondary N) is 1. The number of pyridine rings is 1. The first-order valence-electron chi connectivity index (χ1n) is 6.44. The maximum atomic E-state index is 13.7. The largest absolute Gasteiger partial charge is 0.382 e. The number of hydrogen-bond acceptors (Lipinski definition) is 4. The van der Waals surface area contributed by atoms with Gasteiger partial charge in [0.05, 0.1) is 5.75 Å². The summed E-state index contributed by atoms with van der Waals surface area (Å²) in [5.41, 5.74) is 0.608. The third-order valence-corrected chi connectivity index (χ3v) is 4.06. The number of halogens is 2. The number of rotatable bonds is 5. The molecule has 1 heterocycles. The Morgan fingerprint density at radius 2 is 2.05 bits per heavy atom. The summed E-state index contributed by atoms with van der Waals surface area (Å²) in [5.74, 6) is -1.36. The number of anilines is 1. The Morgan fingerprint density at radius 1 is 1.33 bits per heavy atom. The summed E-state index contributed by atoms with van der Waals surface area (Å²) in [7, 11) is -3.04. The highest BCUT2D eigenvalue weighted by atomic mass is 32.2. The van der Waals surface area contributed by atoms with Gasteiger partial charge in [-0.1, -0.05) is 0 Å². The number of hydrogen-bond donors (Lipinski definition) is 1. The first kappa shape index (κ1) is 15.6. The van der Waals surface area contributed by atoms with Crippen LogP contribution < -0.4 is 5.32 Å². The SMILES string of the molecule is CC(CCS(C)(=O)=O)Nc1ccnc2c(F)cc(F)cc12. The minimum atomic E-state index is -3.04. The standard InChI is InChI=1S/C14H16F2N2O2S/c1-9(4-6-21(2,19)20)18-13-3-5-17-14-11(13)7-10(15)8-12(14)16/h3,5,7-9H,4,6H2,1-2H3,(H,17,18). The first-order chi connectivity index (χ1) is 9.76. The fourth-order valence-corrected chi connectivity index (χ4v) is 2.81. The molecule has 0 aliphatic carbocycles. The van der Waals surface area contributed by atoms with E-state index < -0.39 is 21.5 Å². The second kappa shape index (κ2) is 5.93. The highest BCUT2D eigenvalue weighted by Gasteiger charge is 2.12. The van der Waals surface area contributed by atoms with Crippen molar-refractivity contribution in [3.8, 4) is 0 Å². The van der Waals surface area contributed by atoms with Crippen molar-refractivity contribution >= 4 is 26.4 Å². The molecule has 0 bridgehead atoms. The Morgan fingerprint density at radius 3 is 2.71 bits per heavy atom. The van der Waals surface area contributed by atoms with Crippen LogP contribution >= 0.6 is 0 Å². The summed E-state index contributed by atoms with van der Waals surface area (Å²) in [5, 5.41) is 3.41. The fraction of sp³-hybridized carbons (Fsp3) is 0.357. The molecule has 1 unspecified atom stereocenters. The van der Waals surface area contributed by atoms with Crippen LogP contribution in [0.3, 0.4) is 0 Å². The smallest absolute Gasteiger partial charge is 0.152 e. The average molecular weight is 314 g/mol. The van der Waals surface area contributed by atoms with Crippen LogP contribution in [0.15, 0.2) is 24.4 Å². The lowest BCUT2D eigenvalue weighted by atomic mass is 10.1. The van der Waals surface area contributed by atoms with Crippen molar-refractivity contribution in [2.75, 3.05) is 17.3 Å². The zero-order chi connectivity index (χ0) is 15.6. The average Bonchev–Trinajstić information content (AvgIpc) is 2.36. The molecule has 0 saturated heterocycles. The quantitative estimate of drug-likeness (QED) is 0.922. The zero-order valence-electron chi connectivity index (χ0n) is 11.7. The van der Waals surface area contributed by atoms with Crippen molar-refractivity contribution in [1.29, 1.82) is 0 Å². The molecule has 0 aliphatic heterocycles. The molecule has 4 nitrogen and oxygen atoms in total. The molecule has 114 valence electrons. The molecule has 1 aromatic carbocycles. The number of benzene rings is 1. The summed E-state index contributed by atoms with van der Waals surface area (Å²) in [6.07, 6.45) is 3.00. The molecule has 0 saturated carbocycles. The molecule has 1 atom stereocenters. The van der Waals surface area contributed by atoms with Gasteiger partial charge in [-0.05, 0) is 25.5 Å². The number of nitrogens with zero attached hydrogens (tertiary/aromatic N) is 1. The van der Waals surface area contributed by atoms with Crippen LogP contribution in [0.4, 0.5) is 14.5 Å². The Hall–Kier alpha value is -1.76. The van der Waals surface area contributed by atoms with Crippen LogP contribution in [0, 0.1) is 11.6 Å². The Bertz CT molecular complexity index is 763. The molecule has 0 spiro atoms. The van der Waals surface area contributed by atoms with Gasteiger partial charge in [-0.2, -0.15) is 0 Å². The van der Waals surface area contributed by atoms with Crippen LogP contribution in [0.5, 0.6) is 0 Å². The maximum Gasteiger partial charge on any atom is 0.152 e. The third kappa shape index (κ3) is 4.10. The molecule has 0 amide bonds. The lowest BCUT2D eigenvalue weighted by Gasteiger charge is -2.16. The fourth-order valence-electron chi connectivity index (χ4n) is 2.03. The van der Waals surface area contributed by atoms with Gasteiger partial charge in [0.25, 0.3) is 0 Å². The molecule has 1 aromatic heterocycles. The third-order valence-electron chi connectivity index (χ3n) is 3.09. The van der Waals surface area contributed by atoms with Gasteiger partial charge in [-0.3, -0.25) is 4.98 Å². The minimum absolute atomic E-state index is 0.0485. The predicted octanol–water partition coefficient (Wildman–Crippen LogP) is 2.75. The zero-order valence-corrected chi connectivity index (χ0v) is 12.5. The van der Waals surface area contributed by atoms with Crippen molar-refractivity contribution in [2.24, 2.45) is 0 Å². The molecular weight excluding hydrogens is 298 g/mol. The van der Waals surface area contributed by atoms with Gasteiger partial charge in [-0.15, -0.1) is 0 Å². The molecule has 0 aliphatic rings. The van der Waals surface area contributed by atoms with E-state index in [1.165, 1.54) is 18.5 Å². The van der Waals surface area contributed by atoms with Crippen LogP contribution in [0.2, 0.25) is 0 Å². The summed E-state index contributed by atoms with van der Waals surface area (Å²) < 4.78 is 49.3. The van der Waals surface area contributed by atoms with Gasteiger partial charge in [0, 0.05) is 35.6 Å². The predicted molar refractivity (Wildman–Crippen MR) is 79.1 cm³/mol. The van der Waals surface area contributed by atoms with E-state index in [2.05, 4.69) is 10.3 Å². The van der Waals surface area contributed by atoms with Crippen molar-refractivity contribution in [3.05, 3.63) is 36.0 Å². The lowest BCUT2D eigenvalue weighted by Crippen LogP contribution is -2.19. The topological polar surface area (TPSA) is 59.1 Å². The van der Waals surface area contributed by atoms with E-state index in [-0.39, 0.29) is 17.3 Å². The van der Waals surface area contributed by atoms with Gasteiger partial charge < -0.3 is 5.32 Å². The normalized spacial score (nSPS) is 13.3. The van der Waals surface area contributed by atoms with E-state index in [4.69, 9.17) is 0 Å². The number of sulfone groups is 1. The second-order valence-electron chi connectivity index (χ2n) is 5.11. The van der Waals surface area contributed by atoms with Gasteiger partial charge in [0.2, 0.25) is 0 Å². The Kier molecular flexibility index (Phi) is 4.41. The minimum Gasteiger partial charge on any atom is -0.382 e. The molecule has 2 aromatic rings. The molecule has 1 N–H and O–H groups in total. The van der Waals surface area contributed by atoms with Gasteiger partial charge >= 0.3 is 0 Å².